The van der Waals surface area contributed by atoms with Gasteiger partial charge in [-0.1, -0.05) is 65.2 Å². The van der Waals surface area contributed by atoms with Crippen molar-refractivity contribution in [2.24, 2.45) is 0 Å². The number of carbonyl (C=O) groups is 2. The number of nitrogens with zero attached hydrogens (tertiary/aromatic N) is 2. The van der Waals surface area contributed by atoms with E-state index in [1.807, 2.05) is 38.1 Å². The first kappa shape index (κ1) is 28.5. The molecule has 0 aromatic heterocycles. The highest BCUT2D eigenvalue weighted by molar-refractivity contribution is 7.92. The van der Waals surface area contributed by atoms with E-state index >= 15 is 0 Å². The first-order valence-electron chi connectivity index (χ1n) is 11.6. The van der Waals surface area contributed by atoms with Gasteiger partial charge in [-0.3, -0.25) is 13.9 Å². The molecule has 0 radical (unpaired) electrons. The van der Waals surface area contributed by atoms with Crippen LogP contribution < -0.4 is 9.62 Å². The predicted octanol–water partition coefficient (Wildman–Crippen LogP) is 4.97. The molecule has 0 aliphatic carbocycles. The molecule has 0 aliphatic rings. The third-order valence-corrected chi connectivity index (χ3v) is 8.41. The number of carbonyl (C=O) groups excluding carboxylic acids is 2. The second-order valence-electron chi connectivity index (χ2n) is 8.66. The summed E-state index contributed by atoms with van der Waals surface area (Å²) in [6, 6.07) is 17.3. The zero-order chi connectivity index (χ0) is 27.3. The molecule has 3 aromatic rings. The molecule has 7 nitrogen and oxygen atoms in total. The third-order valence-electron chi connectivity index (χ3n) is 6.08. The van der Waals surface area contributed by atoms with Crippen molar-refractivity contribution in [3.8, 4) is 0 Å². The van der Waals surface area contributed by atoms with Crippen LogP contribution in [0.4, 0.5) is 5.69 Å². The summed E-state index contributed by atoms with van der Waals surface area (Å²) in [5.41, 5.74) is 2.71. The van der Waals surface area contributed by atoms with Crippen LogP contribution in [0.2, 0.25) is 10.0 Å². The van der Waals surface area contributed by atoms with Crippen LogP contribution in [0.3, 0.4) is 0 Å². The van der Waals surface area contributed by atoms with Crippen LogP contribution in [-0.2, 0) is 26.2 Å². The minimum Gasteiger partial charge on any atom is -0.357 e. The van der Waals surface area contributed by atoms with Crippen LogP contribution in [0, 0.1) is 13.8 Å². The molecular weight excluding hydrogens is 533 g/mol. The summed E-state index contributed by atoms with van der Waals surface area (Å²) in [6.45, 7) is 4.86. The fraction of sp³-hybridized carbons (Fsp3) is 0.259. The molecule has 0 saturated heterocycles. The van der Waals surface area contributed by atoms with E-state index in [9.17, 15) is 18.0 Å². The quantitative estimate of drug-likeness (QED) is 0.399. The molecule has 0 unspecified atom stereocenters. The van der Waals surface area contributed by atoms with E-state index in [1.54, 1.807) is 19.1 Å². The molecule has 0 fully saturated rings. The molecule has 0 aliphatic heterocycles. The van der Waals surface area contributed by atoms with E-state index in [4.69, 9.17) is 23.2 Å². The van der Waals surface area contributed by atoms with E-state index in [-0.39, 0.29) is 33.1 Å². The average molecular weight is 563 g/mol. The van der Waals surface area contributed by atoms with Crippen molar-refractivity contribution in [1.29, 1.82) is 0 Å². The van der Waals surface area contributed by atoms with E-state index in [2.05, 4.69) is 5.32 Å². The molecule has 2 amide bonds. The van der Waals surface area contributed by atoms with Gasteiger partial charge in [-0.15, -0.1) is 0 Å². The van der Waals surface area contributed by atoms with E-state index in [1.165, 1.54) is 42.3 Å². The van der Waals surface area contributed by atoms with Gasteiger partial charge in [-0.05, 0) is 62.2 Å². The molecule has 0 saturated carbocycles. The zero-order valence-corrected chi connectivity index (χ0v) is 23.4. The lowest BCUT2D eigenvalue weighted by Gasteiger charge is -2.32. The van der Waals surface area contributed by atoms with Gasteiger partial charge in [0.05, 0.1) is 15.6 Å². The van der Waals surface area contributed by atoms with Crippen LogP contribution in [-0.4, -0.2) is 44.8 Å². The molecule has 10 heteroatoms. The SMILES string of the molecule is CNC(=O)[C@H](C)N(Cc1ccccc1C)C(=O)CN(c1cc(Cl)ccc1Cl)S(=O)(=O)c1ccc(C)cc1. The Hall–Kier alpha value is -3.07. The second-order valence-corrected chi connectivity index (χ2v) is 11.4. The van der Waals surface area contributed by atoms with Gasteiger partial charge in [0.2, 0.25) is 11.8 Å². The summed E-state index contributed by atoms with van der Waals surface area (Å²) in [7, 11) is -2.75. The number of hydrogen-bond donors (Lipinski definition) is 1. The van der Waals surface area contributed by atoms with Crippen molar-refractivity contribution >= 4 is 50.7 Å². The van der Waals surface area contributed by atoms with Gasteiger partial charge in [-0.25, -0.2) is 8.42 Å². The number of aryl methyl sites for hydroxylation is 2. The van der Waals surface area contributed by atoms with Crippen LogP contribution >= 0.6 is 23.2 Å². The molecule has 0 spiro atoms. The maximum absolute atomic E-state index is 13.8. The molecule has 0 heterocycles. The standard InChI is InChI=1S/C27H29Cl2N3O4S/c1-18-9-12-23(13-10-18)37(35,36)32(25-15-22(28)11-14-24(25)29)17-26(33)31(20(3)27(34)30-4)16-21-8-6-5-7-19(21)2/h5-15,20H,16-17H2,1-4H3,(H,30,34)/t20-/m0/s1. The second kappa shape index (κ2) is 12.0. The highest BCUT2D eigenvalue weighted by Crippen LogP contribution is 2.33. The number of nitrogens with one attached hydrogen (secondary N) is 1. The lowest BCUT2D eigenvalue weighted by atomic mass is 10.1. The van der Waals surface area contributed by atoms with Crippen molar-refractivity contribution in [3.05, 3.63) is 93.5 Å². The van der Waals surface area contributed by atoms with Gasteiger partial charge in [0.1, 0.15) is 12.6 Å². The number of likely N-dealkylation sites (N-methyl/N-ethyl adjacent to an activating group) is 1. The van der Waals surface area contributed by atoms with Gasteiger partial charge in [0.15, 0.2) is 0 Å². The Kier molecular flexibility index (Phi) is 9.23. The highest BCUT2D eigenvalue weighted by atomic mass is 35.5. The van der Waals surface area contributed by atoms with E-state index in [0.717, 1.165) is 21.0 Å². The topological polar surface area (TPSA) is 86.8 Å². The zero-order valence-electron chi connectivity index (χ0n) is 21.0. The minimum absolute atomic E-state index is 0.00764. The van der Waals surface area contributed by atoms with Gasteiger partial charge in [0, 0.05) is 18.6 Å². The lowest BCUT2D eigenvalue weighted by Crippen LogP contribution is -2.50. The summed E-state index contributed by atoms with van der Waals surface area (Å²) < 4.78 is 28.6. The number of rotatable bonds is 9. The first-order chi connectivity index (χ1) is 17.4. The van der Waals surface area contributed by atoms with Gasteiger partial charge in [-0.2, -0.15) is 0 Å². The maximum Gasteiger partial charge on any atom is 0.264 e. The molecule has 1 N–H and O–H groups in total. The summed E-state index contributed by atoms with van der Waals surface area (Å²) in [6.07, 6.45) is 0. The Bertz CT molecular complexity index is 1400. The Morgan fingerprint density at radius 2 is 1.62 bits per heavy atom. The van der Waals surface area contributed by atoms with Crippen molar-refractivity contribution in [2.75, 3.05) is 17.9 Å². The summed E-state index contributed by atoms with van der Waals surface area (Å²) >= 11 is 12.6. The molecule has 3 rings (SSSR count). The number of sulfonamides is 1. The molecular formula is C27H29Cl2N3O4S. The van der Waals surface area contributed by atoms with E-state index in [0.29, 0.717) is 0 Å². The fourth-order valence-corrected chi connectivity index (χ4v) is 5.65. The van der Waals surface area contributed by atoms with Gasteiger partial charge >= 0.3 is 0 Å². The summed E-state index contributed by atoms with van der Waals surface area (Å²) in [5.74, 6) is -0.957. The van der Waals surface area contributed by atoms with Crippen molar-refractivity contribution < 1.29 is 18.0 Å². The molecule has 3 aromatic carbocycles. The monoisotopic (exact) mass is 561 g/mol. The van der Waals surface area contributed by atoms with Crippen LogP contribution in [0.5, 0.6) is 0 Å². The highest BCUT2D eigenvalue weighted by Gasteiger charge is 2.33. The Morgan fingerprint density at radius 1 is 0.973 bits per heavy atom. The Balaban J connectivity index is 2.09. The largest absolute Gasteiger partial charge is 0.357 e. The molecule has 0 bridgehead atoms. The number of hydrogen-bond acceptors (Lipinski definition) is 4. The molecule has 1 atom stereocenters. The third kappa shape index (κ3) is 6.63. The first-order valence-corrected chi connectivity index (χ1v) is 13.7. The molecule has 196 valence electrons. The van der Waals surface area contributed by atoms with Crippen molar-refractivity contribution in [1.82, 2.24) is 10.2 Å². The maximum atomic E-state index is 13.8. The number of halogens is 2. The Labute approximate surface area is 228 Å². The van der Waals surface area contributed by atoms with Crippen LogP contribution in [0.25, 0.3) is 0 Å². The summed E-state index contributed by atoms with van der Waals surface area (Å²) in [4.78, 5) is 27.7. The van der Waals surface area contributed by atoms with Gasteiger partial charge < -0.3 is 10.2 Å². The Morgan fingerprint density at radius 3 is 2.24 bits per heavy atom. The number of benzene rings is 3. The minimum atomic E-state index is -4.23. The van der Waals surface area contributed by atoms with Crippen molar-refractivity contribution in [3.63, 3.8) is 0 Å². The molecule has 37 heavy (non-hydrogen) atoms. The number of amides is 2. The fourth-order valence-electron chi connectivity index (χ4n) is 3.79. The lowest BCUT2D eigenvalue weighted by molar-refractivity contribution is -0.139. The summed E-state index contributed by atoms with van der Waals surface area (Å²) in [5, 5.41) is 2.93. The van der Waals surface area contributed by atoms with E-state index < -0.39 is 28.5 Å². The van der Waals surface area contributed by atoms with Crippen LogP contribution in [0.15, 0.2) is 71.6 Å². The predicted molar refractivity (Wildman–Crippen MR) is 147 cm³/mol. The van der Waals surface area contributed by atoms with Crippen molar-refractivity contribution in [2.45, 2.75) is 38.3 Å². The normalized spacial score (nSPS) is 12.1. The number of anilines is 1. The smallest absolute Gasteiger partial charge is 0.264 e. The van der Waals surface area contributed by atoms with Crippen LogP contribution in [0.1, 0.15) is 23.6 Å². The average Bonchev–Trinajstić information content (AvgIpc) is 2.87. The van der Waals surface area contributed by atoms with Gasteiger partial charge in [0.25, 0.3) is 10.0 Å².